The van der Waals surface area contributed by atoms with E-state index in [1.54, 1.807) is 0 Å². The van der Waals surface area contributed by atoms with Gasteiger partial charge in [-0.15, -0.1) is 5.11 Å². The molecule has 0 aromatic heterocycles. The lowest BCUT2D eigenvalue weighted by Gasteiger charge is -2.14. The maximum Gasteiger partial charge on any atom is 0.173 e. The highest BCUT2D eigenvalue weighted by Gasteiger charge is 2.09. The molecule has 0 saturated heterocycles. The van der Waals surface area contributed by atoms with Gasteiger partial charge in [0.05, 0.1) is 0 Å². The molecule has 0 aliphatic rings. The van der Waals surface area contributed by atoms with Crippen molar-refractivity contribution in [3.8, 4) is 11.1 Å². The number of benzene rings is 2. The van der Waals surface area contributed by atoms with Gasteiger partial charge in [0.2, 0.25) is 0 Å². The Labute approximate surface area is 130 Å². The Morgan fingerprint density at radius 2 is 1.91 bits per heavy atom. The zero-order valence-corrected chi connectivity index (χ0v) is 12.9. The third-order valence-corrected chi connectivity index (χ3v) is 3.54. The van der Waals surface area contributed by atoms with E-state index in [4.69, 9.17) is 10.9 Å². The van der Waals surface area contributed by atoms with Gasteiger partial charge in [0.25, 0.3) is 0 Å². The fraction of sp³-hybridized carbons (Fsp3) is 0.167. The summed E-state index contributed by atoms with van der Waals surface area (Å²) in [7, 11) is 0. The number of rotatable bonds is 5. The molecule has 2 aromatic carbocycles. The van der Waals surface area contributed by atoms with Crippen molar-refractivity contribution < 1.29 is 0 Å². The standard InChI is InChI=1S/C18H20N4/c1-3-13(2)12-21-17-10-9-15(18(19)22-20)11-16(17)14-7-5-4-6-8-14/h3-11,19-21H,12H2,1-2H3/b13-3+,19-18?,22-20?. The summed E-state index contributed by atoms with van der Waals surface area (Å²) in [5, 5.41) is 14.4. The Morgan fingerprint density at radius 3 is 2.55 bits per heavy atom. The van der Waals surface area contributed by atoms with Crippen LogP contribution in [-0.4, -0.2) is 12.4 Å². The molecule has 0 spiro atoms. The minimum atomic E-state index is -0.0339. The monoisotopic (exact) mass is 292 g/mol. The van der Waals surface area contributed by atoms with Gasteiger partial charge in [-0.1, -0.05) is 42.0 Å². The first-order valence-electron chi connectivity index (χ1n) is 7.17. The van der Waals surface area contributed by atoms with Gasteiger partial charge in [-0.3, -0.25) is 5.41 Å². The minimum absolute atomic E-state index is 0.0339. The highest BCUT2D eigenvalue weighted by Crippen LogP contribution is 2.29. The van der Waals surface area contributed by atoms with Crippen LogP contribution in [-0.2, 0) is 0 Å². The average Bonchev–Trinajstić information content (AvgIpc) is 2.59. The van der Waals surface area contributed by atoms with E-state index in [-0.39, 0.29) is 5.84 Å². The molecular weight excluding hydrogens is 272 g/mol. The molecule has 3 N–H and O–H groups in total. The first-order chi connectivity index (χ1) is 10.7. The summed E-state index contributed by atoms with van der Waals surface area (Å²) >= 11 is 0. The third kappa shape index (κ3) is 3.67. The predicted molar refractivity (Wildman–Crippen MR) is 91.8 cm³/mol. The second kappa shape index (κ2) is 7.31. The van der Waals surface area contributed by atoms with Crippen LogP contribution in [0.2, 0.25) is 0 Å². The van der Waals surface area contributed by atoms with Crippen molar-refractivity contribution in [2.45, 2.75) is 13.8 Å². The van der Waals surface area contributed by atoms with Gasteiger partial charge in [0, 0.05) is 23.4 Å². The van der Waals surface area contributed by atoms with Crippen LogP contribution < -0.4 is 5.32 Å². The molecular formula is C18H20N4. The number of allylic oxidation sites excluding steroid dienone is 1. The lowest BCUT2D eigenvalue weighted by molar-refractivity contribution is 1.16. The highest BCUT2D eigenvalue weighted by molar-refractivity contribution is 5.99. The lowest BCUT2D eigenvalue weighted by Crippen LogP contribution is -2.05. The predicted octanol–water partition coefficient (Wildman–Crippen LogP) is 5.09. The molecule has 0 radical (unpaired) electrons. The summed E-state index contributed by atoms with van der Waals surface area (Å²) < 4.78 is 0. The van der Waals surface area contributed by atoms with Crippen LogP contribution in [0.4, 0.5) is 5.69 Å². The molecule has 2 aromatic rings. The molecule has 2 rings (SSSR count). The van der Waals surface area contributed by atoms with Crippen LogP contribution in [0, 0.1) is 10.9 Å². The molecule has 0 unspecified atom stereocenters. The van der Waals surface area contributed by atoms with Gasteiger partial charge in [0.1, 0.15) is 0 Å². The first-order valence-corrected chi connectivity index (χ1v) is 7.17. The molecule has 0 bridgehead atoms. The molecule has 0 aliphatic heterocycles. The van der Waals surface area contributed by atoms with Gasteiger partial charge < -0.3 is 5.32 Å². The van der Waals surface area contributed by atoms with Crippen molar-refractivity contribution in [2.24, 2.45) is 5.11 Å². The molecule has 0 amide bonds. The van der Waals surface area contributed by atoms with Crippen LogP contribution in [0.5, 0.6) is 0 Å². The van der Waals surface area contributed by atoms with Crippen LogP contribution in [0.25, 0.3) is 11.1 Å². The summed E-state index contributed by atoms with van der Waals surface area (Å²) in [4.78, 5) is 0. The summed E-state index contributed by atoms with van der Waals surface area (Å²) in [5.41, 5.74) is 12.0. The molecule has 0 fully saturated rings. The number of hydrogen-bond donors (Lipinski definition) is 3. The van der Waals surface area contributed by atoms with Gasteiger partial charge in [0.15, 0.2) is 5.84 Å². The summed E-state index contributed by atoms with van der Waals surface area (Å²) in [6.07, 6.45) is 2.08. The van der Waals surface area contributed by atoms with Gasteiger partial charge in [-0.25, -0.2) is 5.53 Å². The van der Waals surface area contributed by atoms with Gasteiger partial charge >= 0.3 is 0 Å². The maximum absolute atomic E-state index is 7.72. The van der Waals surface area contributed by atoms with Crippen LogP contribution in [0.15, 0.2) is 65.3 Å². The van der Waals surface area contributed by atoms with Crippen molar-refractivity contribution in [3.05, 3.63) is 65.7 Å². The normalized spacial score (nSPS) is 11.1. The van der Waals surface area contributed by atoms with E-state index in [0.717, 1.165) is 23.4 Å². The van der Waals surface area contributed by atoms with Gasteiger partial charge in [-0.05, 0) is 37.6 Å². The Bertz CT molecular complexity index is 702. The van der Waals surface area contributed by atoms with Crippen molar-refractivity contribution in [1.82, 2.24) is 0 Å². The average molecular weight is 292 g/mol. The van der Waals surface area contributed by atoms with Crippen molar-refractivity contribution in [3.63, 3.8) is 0 Å². The van der Waals surface area contributed by atoms with Gasteiger partial charge in [-0.2, -0.15) is 0 Å². The Kier molecular flexibility index (Phi) is 5.20. The summed E-state index contributed by atoms with van der Waals surface area (Å²) in [6.45, 7) is 4.88. The number of anilines is 1. The fourth-order valence-electron chi connectivity index (χ4n) is 2.10. The molecule has 0 aliphatic carbocycles. The lowest BCUT2D eigenvalue weighted by atomic mass is 10.00. The SMILES string of the molecule is C/C=C(\C)CNc1ccc(C(=N)N=N)cc1-c1ccccc1. The molecule has 112 valence electrons. The van der Waals surface area contributed by atoms with E-state index < -0.39 is 0 Å². The van der Waals surface area contributed by atoms with E-state index in [1.807, 2.05) is 55.5 Å². The van der Waals surface area contributed by atoms with E-state index in [0.29, 0.717) is 5.56 Å². The van der Waals surface area contributed by atoms with Crippen molar-refractivity contribution >= 4 is 11.5 Å². The Balaban J connectivity index is 2.44. The topological polar surface area (TPSA) is 72.1 Å². The Morgan fingerprint density at radius 1 is 1.18 bits per heavy atom. The number of nitrogens with zero attached hydrogens (tertiary/aromatic N) is 1. The van der Waals surface area contributed by atoms with E-state index in [9.17, 15) is 0 Å². The van der Waals surface area contributed by atoms with Crippen LogP contribution in [0.1, 0.15) is 19.4 Å². The number of hydrogen-bond acceptors (Lipinski definition) is 3. The molecule has 0 saturated carbocycles. The van der Waals surface area contributed by atoms with Crippen LogP contribution >= 0.6 is 0 Å². The molecule has 22 heavy (non-hydrogen) atoms. The number of nitrogens with one attached hydrogen (secondary N) is 3. The Hall–Kier alpha value is -2.75. The fourth-order valence-corrected chi connectivity index (χ4v) is 2.10. The summed E-state index contributed by atoms with van der Waals surface area (Å²) in [6, 6.07) is 15.7. The van der Waals surface area contributed by atoms with E-state index in [2.05, 4.69) is 23.4 Å². The van der Waals surface area contributed by atoms with Crippen molar-refractivity contribution in [2.75, 3.05) is 11.9 Å². The van der Waals surface area contributed by atoms with Crippen molar-refractivity contribution in [1.29, 1.82) is 10.9 Å². The smallest absolute Gasteiger partial charge is 0.173 e. The molecule has 0 heterocycles. The quantitative estimate of drug-likeness (QED) is 0.305. The molecule has 4 heteroatoms. The van der Waals surface area contributed by atoms with E-state index in [1.165, 1.54) is 5.57 Å². The molecule has 0 atom stereocenters. The number of amidine groups is 1. The zero-order valence-electron chi connectivity index (χ0n) is 12.9. The molecule has 4 nitrogen and oxygen atoms in total. The minimum Gasteiger partial charge on any atom is -0.381 e. The first kappa shape index (κ1) is 15.6. The largest absolute Gasteiger partial charge is 0.381 e. The second-order valence-electron chi connectivity index (χ2n) is 5.08. The van der Waals surface area contributed by atoms with Crippen LogP contribution in [0.3, 0.4) is 0 Å². The zero-order chi connectivity index (χ0) is 15.9. The van der Waals surface area contributed by atoms with E-state index >= 15 is 0 Å². The maximum atomic E-state index is 7.72. The highest BCUT2D eigenvalue weighted by atomic mass is 15.0. The third-order valence-electron chi connectivity index (χ3n) is 3.54. The summed E-state index contributed by atoms with van der Waals surface area (Å²) in [5.74, 6) is -0.0339. The second-order valence-corrected chi connectivity index (χ2v) is 5.08.